The largest absolute Gasteiger partial charge is 0.465 e. The monoisotopic (exact) mass is 445 g/mol. The summed E-state index contributed by atoms with van der Waals surface area (Å²) in [6, 6.07) is 11.8. The van der Waals surface area contributed by atoms with E-state index in [2.05, 4.69) is 4.98 Å². The van der Waals surface area contributed by atoms with Gasteiger partial charge in [-0.1, -0.05) is 6.07 Å². The number of hydrogen-bond acceptors (Lipinski definition) is 4. The molecule has 0 saturated heterocycles. The van der Waals surface area contributed by atoms with Crippen molar-refractivity contribution >= 4 is 18.0 Å². The third-order valence-corrected chi connectivity index (χ3v) is 5.82. The van der Waals surface area contributed by atoms with Crippen molar-refractivity contribution in [2.24, 2.45) is 0 Å². The number of rotatable bonds is 5. The molecule has 4 rings (SSSR count). The Morgan fingerprint density at radius 3 is 2.52 bits per heavy atom. The number of ether oxygens (including phenoxy) is 1. The van der Waals surface area contributed by atoms with E-state index in [1.807, 2.05) is 30.5 Å². The average molecular weight is 445 g/mol. The second-order valence-corrected chi connectivity index (χ2v) is 7.90. The van der Waals surface area contributed by atoms with E-state index in [0.29, 0.717) is 12.2 Å². The van der Waals surface area contributed by atoms with Gasteiger partial charge in [-0.3, -0.25) is 9.78 Å². The highest BCUT2D eigenvalue weighted by molar-refractivity contribution is 6.16. The molecule has 6 nitrogen and oxygen atoms in total. The Morgan fingerprint density at radius 1 is 1.15 bits per heavy atom. The molecule has 0 bridgehead atoms. The van der Waals surface area contributed by atoms with Crippen LogP contribution in [0.25, 0.3) is 11.8 Å². The molecule has 1 aliphatic rings. The molecule has 1 amide bonds. The van der Waals surface area contributed by atoms with Crippen LogP contribution in [0.2, 0.25) is 0 Å². The molecule has 3 heterocycles. The summed E-state index contributed by atoms with van der Waals surface area (Å²) < 4.78 is 20.4. The molecule has 7 heteroatoms. The zero-order chi connectivity index (χ0) is 23.7. The third-order valence-electron chi connectivity index (χ3n) is 5.82. The fourth-order valence-electron chi connectivity index (χ4n) is 4.17. The number of benzene rings is 1. The number of carbonyl (C=O) groups is 2. The number of allylic oxidation sites excluding steroid dienone is 1. The highest BCUT2D eigenvalue weighted by Gasteiger charge is 2.37. The lowest BCUT2D eigenvalue weighted by Gasteiger charge is -2.17. The van der Waals surface area contributed by atoms with Crippen LogP contribution in [0.3, 0.4) is 0 Å². The third kappa shape index (κ3) is 4.09. The van der Waals surface area contributed by atoms with Crippen molar-refractivity contribution in [3.05, 3.63) is 100 Å². The summed E-state index contributed by atoms with van der Waals surface area (Å²) in [6.45, 7) is 5.89. The Bertz CT molecular complexity index is 1290. The van der Waals surface area contributed by atoms with Crippen molar-refractivity contribution < 1.29 is 18.7 Å². The summed E-state index contributed by atoms with van der Waals surface area (Å²) in [5, 5.41) is 0. The van der Waals surface area contributed by atoms with E-state index in [-0.39, 0.29) is 22.9 Å². The van der Waals surface area contributed by atoms with E-state index in [0.717, 1.165) is 28.2 Å². The Morgan fingerprint density at radius 2 is 1.88 bits per heavy atom. The molecule has 0 aliphatic carbocycles. The maximum Gasteiger partial charge on any atom is 0.340 e. The van der Waals surface area contributed by atoms with Gasteiger partial charge in [0, 0.05) is 35.2 Å². The number of methoxy groups -OCH3 is 1. The maximum atomic E-state index is 13.4. The predicted molar refractivity (Wildman–Crippen MR) is 123 cm³/mol. The SMILES string of the molecule is COC(=O)C1=C(C)N(Cc2cccnc2)C(=O)/C1=C\c1cc(C)n(-c2ccc(F)cc2)c1C. The van der Waals surface area contributed by atoms with E-state index in [1.54, 1.807) is 48.5 Å². The normalized spacial score (nSPS) is 15.0. The van der Waals surface area contributed by atoms with E-state index in [9.17, 15) is 14.0 Å². The van der Waals surface area contributed by atoms with E-state index >= 15 is 0 Å². The van der Waals surface area contributed by atoms with Crippen molar-refractivity contribution in [2.75, 3.05) is 7.11 Å². The van der Waals surface area contributed by atoms with Gasteiger partial charge >= 0.3 is 5.97 Å². The van der Waals surface area contributed by atoms with Crippen LogP contribution in [0.1, 0.15) is 29.4 Å². The summed E-state index contributed by atoms with van der Waals surface area (Å²) in [5.74, 6) is -1.14. The van der Waals surface area contributed by atoms with Crippen LogP contribution in [-0.4, -0.2) is 33.4 Å². The first-order chi connectivity index (χ1) is 15.8. The molecule has 1 aliphatic heterocycles. The summed E-state index contributed by atoms with van der Waals surface area (Å²) in [6.07, 6.45) is 5.08. The standard InChI is InChI=1S/C26H24FN3O3/c1-16-12-20(17(2)30(16)22-9-7-21(27)8-10-22)13-23-24(26(32)33-4)18(3)29(25(23)31)15-19-6-5-11-28-14-19/h5-14H,15H2,1-4H3/b23-13-. The second kappa shape index (κ2) is 8.86. The zero-order valence-electron chi connectivity index (χ0n) is 18.9. The molecule has 168 valence electrons. The molecule has 0 saturated carbocycles. The Kier molecular flexibility index (Phi) is 5.96. The number of pyridine rings is 1. The Hall–Kier alpha value is -4.00. The number of aromatic nitrogens is 2. The number of amides is 1. The summed E-state index contributed by atoms with van der Waals surface area (Å²) >= 11 is 0. The maximum absolute atomic E-state index is 13.4. The van der Waals surface area contributed by atoms with Gasteiger partial charge in [0.15, 0.2) is 0 Å². The first-order valence-corrected chi connectivity index (χ1v) is 10.5. The summed E-state index contributed by atoms with van der Waals surface area (Å²) in [5.41, 5.74) is 5.31. The van der Waals surface area contributed by atoms with Crippen LogP contribution >= 0.6 is 0 Å². The van der Waals surface area contributed by atoms with Crippen LogP contribution in [0, 0.1) is 19.7 Å². The number of halogens is 1. The van der Waals surface area contributed by atoms with Crippen molar-refractivity contribution in [1.82, 2.24) is 14.5 Å². The van der Waals surface area contributed by atoms with Gasteiger partial charge in [-0.25, -0.2) is 9.18 Å². The lowest BCUT2D eigenvalue weighted by molar-refractivity contribution is -0.136. The van der Waals surface area contributed by atoms with Crippen LogP contribution in [-0.2, 0) is 20.9 Å². The van der Waals surface area contributed by atoms with Crippen molar-refractivity contribution in [3.63, 3.8) is 0 Å². The van der Waals surface area contributed by atoms with Crippen LogP contribution in [0.5, 0.6) is 0 Å². The molecule has 0 radical (unpaired) electrons. The molecular weight excluding hydrogens is 421 g/mol. The predicted octanol–water partition coefficient (Wildman–Crippen LogP) is 4.50. The molecule has 0 unspecified atom stereocenters. The molecule has 33 heavy (non-hydrogen) atoms. The van der Waals surface area contributed by atoms with E-state index in [1.165, 1.54) is 19.2 Å². The minimum Gasteiger partial charge on any atom is -0.465 e. The van der Waals surface area contributed by atoms with Gasteiger partial charge in [-0.05, 0) is 74.4 Å². The first kappa shape index (κ1) is 22.2. The summed E-state index contributed by atoms with van der Waals surface area (Å²) in [7, 11) is 1.30. The van der Waals surface area contributed by atoms with Gasteiger partial charge < -0.3 is 14.2 Å². The molecule has 0 spiro atoms. The molecule has 0 atom stereocenters. The van der Waals surface area contributed by atoms with Crippen molar-refractivity contribution in [2.45, 2.75) is 27.3 Å². The topological polar surface area (TPSA) is 64.4 Å². The van der Waals surface area contributed by atoms with Crippen LogP contribution in [0.4, 0.5) is 4.39 Å². The van der Waals surface area contributed by atoms with E-state index < -0.39 is 5.97 Å². The minimum absolute atomic E-state index is 0.248. The molecular formula is C26H24FN3O3. The number of carbonyl (C=O) groups excluding carboxylic acids is 2. The molecule has 1 aromatic carbocycles. The Balaban J connectivity index is 1.78. The van der Waals surface area contributed by atoms with Gasteiger partial charge in [-0.2, -0.15) is 0 Å². The molecule has 2 aromatic heterocycles. The highest BCUT2D eigenvalue weighted by atomic mass is 19.1. The molecule has 0 N–H and O–H groups in total. The van der Waals surface area contributed by atoms with Gasteiger partial charge in [0.25, 0.3) is 5.91 Å². The molecule has 0 fully saturated rings. The van der Waals surface area contributed by atoms with E-state index in [4.69, 9.17) is 4.74 Å². The van der Waals surface area contributed by atoms with Gasteiger partial charge in [0.05, 0.1) is 24.8 Å². The van der Waals surface area contributed by atoms with Crippen LogP contribution in [0.15, 0.2) is 71.7 Å². The number of hydrogen-bond donors (Lipinski definition) is 0. The lowest BCUT2D eigenvalue weighted by atomic mass is 10.0. The van der Waals surface area contributed by atoms with Crippen molar-refractivity contribution in [3.8, 4) is 5.69 Å². The lowest BCUT2D eigenvalue weighted by Crippen LogP contribution is -2.24. The fourth-order valence-corrected chi connectivity index (χ4v) is 4.17. The number of nitrogens with zero attached hydrogens (tertiary/aromatic N) is 3. The van der Waals surface area contributed by atoms with Gasteiger partial charge in [0.2, 0.25) is 0 Å². The van der Waals surface area contributed by atoms with Gasteiger partial charge in [0.1, 0.15) is 5.82 Å². The summed E-state index contributed by atoms with van der Waals surface area (Å²) in [4.78, 5) is 31.7. The minimum atomic E-state index is -0.562. The smallest absolute Gasteiger partial charge is 0.340 e. The van der Waals surface area contributed by atoms with Crippen molar-refractivity contribution in [1.29, 1.82) is 0 Å². The second-order valence-electron chi connectivity index (χ2n) is 7.90. The quantitative estimate of drug-likeness (QED) is 0.429. The number of aryl methyl sites for hydroxylation is 1. The number of esters is 1. The van der Waals surface area contributed by atoms with Crippen LogP contribution < -0.4 is 0 Å². The average Bonchev–Trinajstić information content (AvgIpc) is 3.22. The van der Waals surface area contributed by atoms with Gasteiger partial charge in [-0.15, -0.1) is 0 Å². The fraction of sp³-hybridized carbons (Fsp3) is 0.192. The first-order valence-electron chi connectivity index (χ1n) is 10.5. The zero-order valence-corrected chi connectivity index (χ0v) is 18.9. The highest BCUT2D eigenvalue weighted by Crippen LogP contribution is 2.34. The molecule has 3 aromatic rings. The Labute approximate surface area is 191 Å².